The van der Waals surface area contributed by atoms with Crippen LogP contribution in [0, 0.1) is 13.8 Å². The number of esters is 1. The van der Waals surface area contributed by atoms with Gasteiger partial charge in [-0.2, -0.15) is 5.10 Å². The number of nitrogens with zero attached hydrogens (tertiary/aromatic N) is 2. The summed E-state index contributed by atoms with van der Waals surface area (Å²) in [6, 6.07) is 9.59. The molecule has 0 saturated heterocycles. The standard InChI is InChI=1S/C22H26FN3O3/c1-4-18(23)11-7-5-10-14-21(28)29-15-20(27)24-22-16(2)25-26(17(22)3)19-12-8-6-9-13-19/h5-9,11-13H,4,10,14-15H2,1-3H3,(H,24,27)/b7-5-,18-11+. The molecule has 7 heteroatoms. The van der Waals surface area contributed by atoms with Crippen LogP contribution in [-0.2, 0) is 14.3 Å². The first-order chi connectivity index (χ1) is 13.9. The number of carbonyl (C=O) groups is 2. The Hall–Kier alpha value is -3.22. The number of anilines is 1. The van der Waals surface area contributed by atoms with E-state index in [9.17, 15) is 14.0 Å². The van der Waals surface area contributed by atoms with Gasteiger partial charge in [-0.05, 0) is 44.9 Å². The number of hydrogen-bond acceptors (Lipinski definition) is 4. The monoisotopic (exact) mass is 399 g/mol. The summed E-state index contributed by atoms with van der Waals surface area (Å²) in [6.45, 7) is 5.01. The van der Waals surface area contributed by atoms with Gasteiger partial charge in [0.05, 0.1) is 28.6 Å². The van der Waals surface area contributed by atoms with Crippen LogP contribution in [0.3, 0.4) is 0 Å². The Morgan fingerprint density at radius 2 is 1.97 bits per heavy atom. The van der Waals surface area contributed by atoms with Gasteiger partial charge >= 0.3 is 5.97 Å². The molecule has 0 atom stereocenters. The quantitative estimate of drug-likeness (QED) is 0.495. The summed E-state index contributed by atoms with van der Waals surface area (Å²) in [5.41, 5.74) is 2.94. The van der Waals surface area contributed by atoms with Crippen molar-refractivity contribution in [3.63, 3.8) is 0 Å². The van der Waals surface area contributed by atoms with Crippen molar-refractivity contribution >= 4 is 17.6 Å². The van der Waals surface area contributed by atoms with E-state index in [1.807, 2.05) is 37.3 Å². The molecule has 0 fully saturated rings. The molecule has 0 aliphatic carbocycles. The van der Waals surface area contributed by atoms with Crippen LogP contribution in [0.4, 0.5) is 10.1 Å². The van der Waals surface area contributed by atoms with Crippen LogP contribution in [0.25, 0.3) is 5.69 Å². The Morgan fingerprint density at radius 3 is 2.66 bits per heavy atom. The molecule has 0 unspecified atom stereocenters. The number of benzene rings is 1. The number of halogens is 1. The van der Waals surface area contributed by atoms with Crippen molar-refractivity contribution in [2.24, 2.45) is 0 Å². The topological polar surface area (TPSA) is 73.2 Å². The van der Waals surface area contributed by atoms with Crippen molar-refractivity contribution in [3.05, 3.63) is 65.8 Å². The fraction of sp³-hybridized carbons (Fsp3) is 0.318. The molecular formula is C22H26FN3O3. The number of rotatable bonds is 9. The van der Waals surface area contributed by atoms with Gasteiger partial charge in [0.2, 0.25) is 0 Å². The number of carbonyl (C=O) groups excluding carboxylic acids is 2. The van der Waals surface area contributed by atoms with Crippen LogP contribution in [0.2, 0.25) is 0 Å². The van der Waals surface area contributed by atoms with Crippen LogP contribution in [0.5, 0.6) is 0 Å². The molecule has 0 bridgehead atoms. The molecular weight excluding hydrogens is 373 g/mol. The first kappa shape index (κ1) is 22.1. The molecule has 0 spiro atoms. The molecule has 29 heavy (non-hydrogen) atoms. The fourth-order valence-electron chi connectivity index (χ4n) is 2.63. The number of aromatic nitrogens is 2. The summed E-state index contributed by atoms with van der Waals surface area (Å²) in [6.07, 6.45) is 5.48. The minimum Gasteiger partial charge on any atom is -0.456 e. The second kappa shape index (κ2) is 10.9. The normalized spacial score (nSPS) is 11.7. The maximum atomic E-state index is 12.9. The highest BCUT2D eigenvalue weighted by atomic mass is 19.1. The summed E-state index contributed by atoms with van der Waals surface area (Å²) < 4.78 is 19.7. The lowest BCUT2D eigenvalue weighted by molar-refractivity contribution is -0.147. The third-order valence-corrected chi connectivity index (χ3v) is 4.19. The first-order valence-electron chi connectivity index (χ1n) is 9.50. The van der Waals surface area contributed by atoms with E-state index in [2.05, 4.69) is 10.4 Å². The summed E-state index contributed by atoms with van der Waals surface area (Å²) in [4.78, 5) is 23.9. The van der Waals surface area contributed by atoms with Crippen molar-refractivity contribution in [1.82, 2.24) is 9.78 Å². The second-order valence-corrected chi connectivity index (χ2v) is 6.44. The van der Waals surface area contributed by atoms with Gasteiger partial charge in [-0.25, -0.2) is 9.07 Å². The van der Waals surface area contributed by atoms with Crippen molar-refractivity contribution in [1.29, 1.82) is 0 Å². The highest BCUT2D eigenvalue weighted by Gasteiger charge is 2.16. The molecule has 1 N–H and O–H groups in total. The lowest BCUT2D eigenvalue weighted by Crippen LogP contribution is -2.21. The molecule has 1 amide bonds. The Bertz CT molecular complexity index is 902. The maximum absolute atomic E-state index is 12.9. The van der Waals surface area contributed by atoms with Crippen LogP contribution >= 0.6 is 0 Å². The average molecular weight is 399 g/mol. The molecule has 1 aromatic carbocycles. The minimum absolute atomic E-state index is 0.120. The number of para-hydroxylation sites is 1. The van der Waals surface area contributed by atoms with Gasteiger partial charge in [0.25, 0.3) is 5.91 Å². The third-order valence-electron chi connectivity index (χ3n) is 4.19. The largest absolute Gasteiger partial charge is 0.456 e. The van der Waals surface area contributed by atoms with E-state index in [1.165, 1.54) is 6.08 Å². The van der Waals surface area contributed by atoms with Gasteiger partial charge in [0.15, 0.2) is 6.61 Å². The van der Waals surface area contributed by atoms with E-state index < -0.39 is 11.9 Å². The van der Waals surface area contributed by atoms with Gasteiger partial charge in [-0.1, -0.05) is 37.3 Å². The number of amides is 1. The molecule has 2 rings (SSSR count). The predicted octanol–water partition coefficient (Wildman–Crippen LogP) is 4.57. The third kappa shape index (κ3) is 6.71. The van der Waals surface area contributed by atoms with E-state index in [4.69, 9.17) is 4.74 Å². The zero-order chi connectivity index (χ0) is 21.2. The zero-order valence-corrected chi connectivity index (χ0v) is 16.9. The molecule has 0 radical (unpaired) electrons. The van der Waals surface area contributed by atoms with Gasteiger partial charge in [-0.3, -0.25) is 9.59 Å². The van der Waals surface area contributed by atoms with E-state index in [-0.39, 0.29) is 18.9 Å². The second-order valence-electron chi connectivity index (χ2n) is 6.44. The Labute approximate surface area is 170 Å². The van der Waals surface area contributed by atoms with Gasteiger partial charge in [0.1, 0.15) is 0 Å². The minimum atomic E-state index is -0.488. The molecule has 0 aliphatic rings. The van der Waals surface area contributed by atoms with Gasteiger partial charge in [0, 0.05) is 6.42 Å². The number of hydrogen-bond donors (Lipinski definition) is 1. The van der Waals surface area contributed by atoms with E-state index >= 15 is 0 Å². The van der Waals surface area contributed by atoms with E-state index in [0.29, 0.717) is 24.2 Å². The van der Waals surface area contributed by atoms with Gasteiger partial charge < -0.3 is 10.1 Å². The van der Waals surface area contributed by atoms with Crippen LogP contribution in [-0.4, -0.2) is 28.3 Å². The first-order valence-corrected chi connectivity index (χ1v) is 9.50. The zero-order valence-electron chi connectivity index (χ0n) is 16.9. The highest BCUT2D eigenvalue weighted by molar-refractivity contribution is 5.93. The Morgan fingerprint density at radius 1 is 1.24 bits per heavy atom. The van der Waals surface area contributed by atoms with E-state index in [1.54, 1.807) is 30.7 Å². The smallest absolute Gasteiger partial charge is 0.306 e. The van der Waals surface area contributed by atoms with Crippen molar-refractivity contribution in [2.75, 3.05) is 11.9 Å². The number of ether oxygens (including phenoxy) is 1. The highest BCUT2D eigenvalue weighted by Crippen LogP contribution is 2.22. The van der Waals surface area contributed by atoms with Crippen molar-refractivity contribution in [2.45, 2.75) is 40.0 Å². The predicted molar refractivity (Wildman–Crippen MR) is 110 cm³/mol. The van der Waals surface area contributed by atoms with Gasteiger partial charge in [-0.15, -0.1) is 0 Å². The molecule has 1 aromatic heterocycles. The molecule has 1 heterocycles. The lowest BCUT2D eigenvalue weighted by Gasteiger charge is -2.07. The van der Waals surface area contributed by atoms with Crippen molar-refractivity contribution in [3.8, 4) is 5.69 Å². The molecule has 2 aromatic rings. The molecule has 154 valence electrons. The average Bonchev–Trinajstić information content (AvgIpc) is 3.00. The SMILES string of the molecule is CC/C(F)=C\C=C/CCC(=O)OCC(=O)Nc1c(C)nn(-c2ccccc2)c1C. The van der Waals surface area contributed by atoms with Crippen molar-refractivity contribution < 1.29 is 18.7 Å². The maximum Gasteiger partial charge on any atom is 0.306 e. The Balaban J connectivity index is 1.84. The molecule has 0 aliphatic heterocycles. The van der Waals surface area contributed by atoms with Crippen LogP contribution in [0.1, 0.15) is 37.6 Å². The lowest BCUT2D eigenvalue weighted by atomic mass is 10.2. The van der Waals surface area contributed by atoms with Crippen LogP contribution < -0.4 is 5.32 Å². The summed E-state index contributed by atoms with van der Waals surface area (Å²) in [5, 5.41) is 7.22. The number of allylic oxidation sites excluding steroid dienone is 4. The summed E-state index contributed by atoms with van der Waals surface area (Å²) >= 11 is 0. The number of aryl methyl sites for hydroxylation is 1. The number of nitrogens with one attached hydrogen (secondary N) is 1. The fourth-order valence-corrected chi connectivity index (χ4v) is 2.63. The van der Waals surface area contributed by atoms with Crippen LogP contribution in [0.15, 0.2) is 54.4 Å². The molecule has 0 saturated carbocycles. The molecule has 6 nitrogen and oxygen atoms in total. The summed E-state index contributed by atoms with van der Waals surface area (Å²) in [7, 11) is 0. The summed E-state index contributed by atoms with van der Waals surface area (Å²) in [5.74, 6) is -1.14. The Kier molecular flexibility index (Phi) is 8.33. The van der Waals surface area contributed by atoms with E-state index in [0.717, 1.165) is 11.4 Å².